The average Bonchev–Trinajstić information content (AvgIpc) is 3.51. The van der Waals surface area contributed by atoms with E-state index < -0.39 is 0 Å². The SMILES string of the molecule is O=C(CCCc1ncc(-c2ccccc2)o1)N(C1CC1)C1CCCc2ccccc21. The van der Waals surface area contributed by atoms with E-state index in [4.69, 9.17) is 4.42 Å². The van der Waals surface area contributed by atoms with Gasteiger partial charge < -0.3 is 9.32 Å². The molecule has 2 aromatic carbocycles. The van der Waals surface area contributed by atoms with Crippen LogP contribution in [0.5, 0.6) is 0 Å². The number of carbonyl (C=O) groups excluding carboxylic acids is 1. The molecular weight excluding hydrogens is 372 g/mol. The first-order chi connectivity index (χ1) is 14.8. The van der Waals surface area contributed by atoms with Gasteiger partial charge in [0.25, 0.3) is 0 Å². The zero-order chi connectivity index (χ0) is 20.3. The zero-order valence-electron chi connectivity index (χ0n) is 17.3. The predicted molar refractivity (Wildman–Crippen MR) is 117 cm³/mol. The fraction of sp³-hybridized carbons (Fsp3) is 0.385. The van der Waals surface area contributed by atoms with E-state index in [1.807, 2.05) is 30.3 Å². The summed E-state index contributed by atoms with van der Waals surface area (Å²) in [6.45, 7) is 0. The Kier molecular flexibility index (Phi) is 5.39. The summed E-state index contributed by atoms with van der Waals surface area (Å²) in [4.78, 5) is 19.8. The van der Waals surface area contributed by atoms with Crippen molar-refractivity contribution in [2.45, 2.75) is 63.5 Å². The molecule has 0 spiro atoms. The summed E-state index contributed by atoms with van der Waals surface area (Å²) in [7, 11) is 0. The Bertz CT molecular complexity index is 1010. The van der Waals surface area contributed by atoms with E-state index >= 15 is 0 Å². The van der Waals surface area contributed by atoms with Crippen molar-refractivity contribution >= 4 is 5.91 Å². The van der Waals surface area contributed by atoms with E-state index in [1.165, 1.54) is 11.1 Å². The Balaban J connectivity index is 1.22. The number of hydrogen-bond acceptors (Lipinski definition) is 3. The Morgan fingerprint density at radius 1 is 1.03 bits per heavy atom. The van der Waals surface area contributed by atoms with Crippen molar-refractivity contribution in [3.8, 4) is 11.3 Å². The first-order valence-electron chi connectivity index (χ1n) is 11.2. The highest BCUT2D eigenvalue weighted by Gasteiger charge is 2.38. The maximum Gasteiger partial charge on any atom is 0.223 e. The van der Waals surface area contributed by atoms with Gasteiger partial charge in [-0.15, -0.1) is 0 Å². The molecule has 0 bridgehead atoms. The van der Waals surface area contributed by atoms with E-state index in [2.05, 4.69) is 34.1 Å². The Morgan fingerprint density at radius 2 is 1.83 bits per heavy atom. The maximum absolute atomic E-state index is 13.2. The van der Waals surface area contributed by atoms with Crippen molar-refractivity contribution in [3.63, 3.8) is 0 Å². The predicted octanol–water partition coefficient (Wildman–Crippen LogP) is 5.73. The smallest absolute Gasteiger partial charge is 0.223 e. The molecule has 0 radical (unpaired) electrons. The van der Waals surface area contributed by atoms with Crippen LogP contribution in [-0.2, 0) is 17.6 Å². The Morgan fingerprint density at radius 3 is 2.67 bits per heavy atom. The van der Waals surface area contributed by atoms with Crippen LogP contribution in [0.1, 0.15) is 61.6 Å². The van der Waals surface area contributed by atoms with E-state index in [0.29, 0.717) is 24.8 Å². The van der Waals surface area contributed by atoms with Crippen LogP contribution in [-0.4, -0.2) is 21.8 Å². The maximum atomic E-state index is 13.2. The summed E-state index contributed by atoms with van der Waals surface area (Å²) in [5.41, 5.74) is 3.81. The van der Waals surface area contributed by atoms with Gasteiger partial charge >= 0.3 is 0 Å². The van der Waals surface area contributed by atoms with Gasteiger partial charge in [-0.05, 0) is 49.7 Å². The van der Waals surface area contributed by atoms with E-state index in [9.17, 15) is 4.79 Å². The molecule has 1 aromatic heterocycles. The van der Waals surface area contributed by atoms with Crippen molar-refractivity contribution in [1.82, 2.24) is 9.88 Å². The number of aromatic nitrogens is 1. The number of nitrogens with zero attached hydrogens (tertiary/aromatic N) is 2. The number of oxazole rings is 1. The monoisotopic (exact) mass is 400 g/mol. The van der Waals surface area contributed by atoms with Gasteiger partial charge in [-0.1, -0.05) is 54.6 Å². The highest BCUT2D eigenvalue weighted by Crippen LogP contribution is 2.41. The zero-order valence-corrected chi connectivity index (χ0v) is 17.3. The number of aryl methyl sites for hydroxylation is 2. The first kappa shape index (κ1) is 19.1. The van der Waals surface area contributed by atoms with E-state index in [0.717, 1.165) is 49.8 Å². The summed E-state index contributed by atoms with van der Waals surface area (Å²) in [6.07, 6.45) is 9.46. The third-order valence-electron chi connectivity index (χ3n) is 6.29. The molecule has 1 saturated carbocycles. The number of carbonyl (C=O) groups is 1. The third-order valence-corrected chi connectivity index (χ3v) is 6.29. The third kappa shape index (κ3) is 4.04. The molecule has 1 heterocycles. The van der Waals surface area contributed by atoms with Crippen LogP contribution >= 0.6 is 0 Å². The van der Waals surface area contributed by atoms with Crippen molar-refractivity contribution in [1.29, 1.82) is 0 Å². The van der Waals surface area contributed by atoms with Crippen LogP contribution < -0.4 is 0 Å². The largest absolute Gasteiger partial charge is 0.441 e. The second-order valence-electron chi connectivity index (χ2n) is 8.48. The minimum Gasteiger partial charge on any atom is -0.441 e. The number of hydrogen-bond donors (Lipinski definition) is 0. The fourth-order valence-electron chi connectivity index (χ4n) is 4.68. The van der Waals surface area contributed by atoms with Gasteiger partial charge in [0.15, 0.2) is 11.7 Å². The lowest BCUT2D eigenvalue weighted by atomic mass is 9.86. The molecule has 4 nitrogen and oxygen atoms in total. The molecule has 0 saturated heterocycles. The van der Waals surface area contributed by atoms with Gasteiger partial charge in [-0.3, -0.25) is 4.79 Å². The molecule has 30 heavy (non-hydrogen) atoms. The van der Waals surface area contributed by atoms with E-state index in [1.54, 1.807) is 6.20 Å². The lowest BCUT2D eigenvalue weighted by molar-refractivity contribution is -0.134. The molecular formula is C26H28N2O2. The van der Waals surface area contributed by atoms with Gasteiger partial charge in [0.1, 0.15) is 0 Å². The normalized spacial score (nSPS) is 18.1. The van der Waals surface area contributed by atoms with Crippen molar-refractivity contribution in [2.24, 2.45) is 0 Å². The second-order valence-corrected chi connectivity index (χ2v) is 8.48. The minimum atomic E-state index is 0.251. The Hall–Kier alpha value is -2.88. The molecule has 5 rings (SSSR count). The number of fused-ring (bicyclic) bond motifs is 1. The molecule has 1 atom stereocenters. The molecule has 2 aliphatic rings. The lowest BCUT2D eigenvalue weighted by Crippen LogP contribution is -2.38. The average molecular weight is 401 g/mol. The van der Waals surface area contributed by atoms with Crippen molar-refractivity contribution in [3.05, 3.63) is 77.8 Å². The van der Waals surface area contributed by atoms with Crippen LogP contribution in [0.4, 0.5) is 0 Å². The Labute approximate surface area is 177 Å². The summed E-state index contributed by atoms with van der Waals surface area (Å²) < 4.78 is 5.90. The molecule has 0 N–H and O–H groups in total. The van der Waals surface area contributed by atoms with Crippen LogP contribution in [0.25, 0.3) is 11.3 Å². The molecule has 154 valence electrons. The molecule has 2 aliphatic carbocycles. The number of rotatable bonds is 7. The van der Waals surface area contributed by atoms with Crippen LogP contribution in [0.3, 0.4) is 0 Å². The van der Waals surface area contributed by atoms with Crippen LogP contribution in [0.15, 0.2) is 65.2 Å². The summed E-state index contributed by atoms with van der Waals surface area (Å²) in [5.74, 6) is 1.78. The highest BCUT2D eigenvalue weighted by atomic mass is 16.4. The van der Waals surface area contributed by atoms with Crippen molar-refractivity contribution < 1.29 is 9.21 Å². The van der Waals surface area contributed by atoms with Gasteiger partial charge in [-0.2, -0.15) is 0 Å². The van der Waals surface area contributed by atoms with Crippen molar-refractivity contribution in [2.75, 3.05) is 0 Å². The van der Waals surface area contributed by atoms with Gasteiger partial charge in [0.2, 0.25) is 5.91 Å². The highest BCUT2D eigenvalue weighted by molar-refractivity contribution is 5.77. The topological polar surface area (TPSA) is 46.3 Å². The minimum absolute atomic E-state index is 0.251. The van der Waals surface area contributed by atoms with Crippen LogP contribution in [0.2, 0.25) is 0 Å². The van der Waals surface area contributed by atoms with Gasteiger partial charge in [0.05, 0.1) is 12.2 Å². The quantitative estimate of drug-likeness (QED) is 0.508. The first-order valence-corrected chi connectivity index (χ1v) is 11.2. The molecule has 1 unspecified atom stereocenters. The summed E-state index contributed by atoms with van der Waals surface area (Å²) in [6, 6.07) is 19.4. The molecule has 1 fully saturated rings. The molecule has 1 amide bonds. The number of benzene rings is 2. The molecule has 3 aromatic rings. The summed E-state index contributed by atoms with van der Waals surface area (Å²) in [5, 5.41) is 0. The summed E-state index contributed by atoms with van der Waals surface area (Å²) >= 11 is 0. The van der Waals surface area contributed by atoms with Crippen LogP contribution in [0, 0.1) is 0 Å². The molecule has 0 aliphatic heterocycles. The lowest BCUT2D eigenvalue weighted by Gasteiger charge is -2.36. The molecule has 4 heteroatoms. The van der Waals surface area contributed by atoms with Gasteiger partial charge in [-0.25, -0.2) is 4.98 Å². The van der Waals surface area contributed by atoms with E-state index in [-0.39, 0.29) is 11.9 Å². The number of amides is 1. The van der Waals surface area contributed by atoms with Gasteiger partial charge in [0, 0.05) is 24.4 Å². The fourth-order valence-corrected chi connectivity index (χ4v) is 4.68. The standard InChI is InChI=1S/C26H28N2O2/c29-26(15-7-14-25-27-18-24(30-25)20-9-2-1-3-10-20)28(21-16-17-21)23-13-6-11-19-8-4-5-12-22(19)23/h1-5,8-10,12,18,21,23H,6-7,11,13-17H2. The second kappa shape index (κ2) is 8.47.